The number of aliphatic hydroxyl groups is 1. The minimum atomic E-state index is -2.62. The van der Waals surface area contributed by atoms with Crippen molar-refractivity contribution in [3.05, 3.63) is 33.9 Å². The van der Waals surface area contributed by atoms with Crippen molar-refractivity contribution < 1.29 is 18.8 Å². The van der Waals surface area contributed by atoms with Crippen molar-refractivity contribution in [3.63, 3.8) is 0 Å². The molecule has 0 saturated carbocycles. The van der Waals surface area contributed by atoms with E-state index in [-0.39, 0.29) is 30.1 Å². The SMILES string of the molecule is N#Cc1cc(N(CCO)CC(F)F)ccc1[N+](=O)[O-]. The summed E-state index contributed by atoms with van der Waals surface area (Å²) in [6.07, 6.45) is -2.62. The van der Waals surface area contributed by atoms with Crippen molar-refractivity contribution in [2.75, 3.05) is 24.6 Å². The molecule has 0 aliphatic rings. The highest BCUT2D eigenvalue weighted by atomic mass is 19.3. The molecule has 6 nitrogen and oxygen atoms in total. The number of hydrogen-bond acceptors (Lipinski definition) is 5. The van der Waals surface area contributed by atoms with Crippen LogP contribution < -0.4 is 4.90 Å². The van der Waals surface area contributed by atoms with Gasteiger partial charge in [-0.2, -0.15) is 5.26 Å². The van der Waals surface area contributed by atoms with E-state index in [0.29, 0.717) is 0 Å². The van der Waals surface area contributed by atoms with Crippen LogP contribution in [0.4, 0.5) is 20.2 Å². The fraction of sp³-hybridized carbons (Fsp3) is 0.364. The second kappa shape index (κ2) is 6.61. The van der Waals surface area contributed by atoms with Gasteiger partial charge in [0, 0.05) is 18.3 Å². The highest BCUT2D eigenvalue weighted by Crippen LogP contribution is 2.24. The van der Waals surface area contributed by atoms with Crippen molar-refractivity contribution in [2.24, 2.45) is 0 Å². The van der Waals surface area contributed by atoms with Crippen LogP contribution >= 0.6 is 0 Å². The van der Waals surface area contributed by atoms with Crippen LogP contribution in [0.2, 0.25) is 0 Å². The molecule has 0 heterocycles. The Bertz CT molecular complexity index is 502. The zero-order valence-electron chi connectivity index (χ0n) is 9.79. The van der Waals surface area contributed by atoms with Crippen molar-refractivity contribution in [3.8, 4) is 6.07 Å². The fourth-order valence-electron chi connectivity index (χ4n) is 1.58. The summed E-state index contributed by atoms with van der Waals surface area (Å²) < 4.78 is 24.8. The maximum absolute atomic E-state index is 12.4. The van der Waals surface area contributed by atoms with E-state index in [1.807, 2.05) is 0 Å². The number of benzene rings is 1. The summed E-state index contributed by atoms with van der Waals surface area (Å²) in [6.45, 7) is -1.01. The molecule has 0 aliphatic carbocycles. The Morgan fingerprint density at radius 1 is 1.53 bits per heavy atom. The van der Waals surface area contributed by atoms with Crippen LogP contribution in [-0.4, -0.2) is 36.2 Å². The molecular formula is C11H11F2N3O3. The lowest BCUT2D eigenvalue weighted by Gasteiger charge is -2.23. The minimum absolute atomic E-state index is 0.0486. The van der Waals surface area contributed by atoms with Crippen LogP contribution in [0.5, 0.6) is 0 Å². The Morgan fingerprint density at radius 3 is 2.68 bits per heavy atom. The number of halogens is 2. The molecule has 0 fully saturated rings. The zero-order valence-corrected chi connectivity index (χ0v) is 9.79. The Hall–Kier alpha value is -2.27. The number of nitro benzene ring substituents is 1. The third kappa shape index (κ3) is 3.86. The average molecular weight is 271 g/mol. The summed E-state index contributed by atoms with van der Waals surface area (Å²) in [7, 11) is 0. The van der Waals surface area contributed by atoms with Gasteiger partial charge in [-0.15, -0.1) is 0 Å². The van der Waals surface area contributed by atoms with Gasteiger partial charge in [-0.3, -0.25) is 10.1 Å². The van der Waals surface area contributed by atoms with Crippen LogP contribution in [0, 0.1) is 21.4 Å². The lowest BCUT2D eigenvalue weighted by molar-refractivity contribution is -0.385. The van der Waals surface area contributed by atoms with Crippen molar-refractivity contribution in [2.45, 2.75) is 6.43 Å². The van der Waals surface area contributed by atoms with E-state index in [4.69, 9.17) is 10.4 Å². The third-order valence-corrected chi connectivity index (χ3v) is 2.39. The van der Waals surface area contributed by atoms with E-state index in [0.717, 1.165) is 17.0 Å². The van der Waals surface area contributed by atoms with Crippen LogP contribution in [0.25, 0.3) is 0 Å². The first-order valence-electron chi connectivity index (χ1n) is 5.32. The monoisotopic (exact) mass is 271 g/mol. The highest BCUT2D eigenvalue weighted by Gasteiger charge is 2.18. The molecule has 0 aliphatic heterocycles. The van der Waals surface area contributed by atoms with Crippen molar-refractivity contribution in [1.82, 2.24) is 0 Å². The standard InChI is InChI=1S/C11H11F2N3O3/c12-11(13)7-15(3-4-17)9-1-2-10(16(18)19)8(5-9)6-14/h1-2,5,11,17H,3-4,7H2. The van der Waals surface area contributed by atoms with Gasteiger partial charge in [0.2, 0.25) is 0 Å². The third-order valence-electron chi connectivity index (χ3n) is 2.39. The highest BCUT2D eigenvalue weighted by molar-refractivity contribution is 5.59. The Morgan fingerprint density at radius 2 is 2.21 bits per heavy atom. The first-order chi connectivity index (χ1) is 8.99. The van der Waals surface area contributed by atoms with Crippen molar-refractivity contribution >= 4 is 11.4 Å². The average Bonchev–Trinajstić information content (AvgIpc) is 2.36. The van der Waals surface area contributed by atoms with Gasteiger partial charge < -0.3 is 10.0 Å². The van der Waals surface area contributed by atoms with Gasteiger partial charge in [0.15, 0.2) is 0 Å². The molecular weight excluding hydrogens is 260 g/mol. The van der Waals surface area contributed by atoms with E-state index >= 15 is 0 Å². The first-order valence-corrected chi connectivity index (χ1v) is 5.32. The molecule has 0 saturated heterocycles. The van der Waals surface area contributed by atoms with Crippen LogP contribution in [0.3, 0.4) is 0 Å². The number of aliphatic hydroxyl groups excluding tert-OH is 1. The Kier molecular flexibility index (Phi) is 5.14. The minimum Gasteiger partial charge on any atom is -0.395 e. The topological polar surface area (TPSA) is 90.4 Å². The van der Waals surface area contributed by atoms with E-state index in [1.165, 1.54) is 6.07 Å². The number of anilines is 1. The first kappa shape index (κ1) is 14.8. The van der Waals surface area contributed by atoms with Crippen molar-refractivity contribution in [1.29, 1.82) is 5.26 Å². The second-order valence-corrected chi connectivity index (χ2v) is 3.63. The maximum Gasteiger partial charge on any atom is 0.287 e. The molecule has 8 heteroatoms. The van der Waals surface area contributed by atoms with Gasteiger partial charge in [-0.25, -0.2) is 8.78 Å². The molecule has 0 radical (unpaired) electrons. The van der Waals surface area contributed by atoms with E-state index in [1.54, 1.807) is 6.07 Å². The lowest BCUT2D eigenvalue weighted by atomic mass is 10.1. The molecule has 0 spiro atoms. The van der Waals surface area contributed by atoms with E-state index < -0.39 is 17.9 Å². The van der Waals surface area contributed by atoms with Gasteiger partial charge >= 0.3 is 0 Å². The summed E-state index contributed by atoms with van der Waals surface area (Å²) >= 11 is 0. The summed E-state index contributed by atoms with van der Waals surface area (Å²) in [4.78, 5) is 11.1. The number of hydrogen-bond donors (Lipinski definition) is 1. The van der Waals surface area contributed by atoms with Gasteiger partial charge in [0.1, 0.15) is 11.6 Å². The number of alkyl halides is 2. The summed E-state index contributed by atoms with van der Waals surface area (Å²) in [5.41, 5.74) is -0.358. The molecule has 1 aromatic rings. The fourth-order valence-corrected chi connectivity index (χ4v) is 1.58. The van der Waals surface area contributed by atoms with Gasteiger partial charge in [0.05, 0.1) is 18.1 Å². The van der Waals surface area contributed by atoms with E-state index in [2.05, 4.69) is 0 Å². The van der Waals surface area contributed by atoms with Gasteiger partial charge in [0.25, 0.3) is 12.1 Å². The maximum atomic E-state index is 12.4. The number of rotatable bonds is 6. The smallest absolute Gasteiger partial charge is 0.287 e. The largest absolute Gasteiger partial charge is 0.395 e. The number of nitriles is 1. The Labute approximate surface area is 107 Å². The molecule has 0 bridgehead atoms. The molecule has 0 unspecified atom stereocenters. The molecule has 102 valence electrons. The summed E-state index contributed by atoms with van der Waals surface area (Å²) in [6, 6.07) is 5.17. The molecule has 0 amide bonds. The zero-order chi connectivity index (χ0) is 14.4. The second-order valence-electron chi connectivity index (χ2n) is 3.63. The Balaban J connectivity index is 3.11. The van der Waals surface area contributed by atoms with Gasteiger partial charge in [-0.05, 0) is 12.1 Å². The van der Waals surface area contributed by atoms with Crippen LogP contribution in [0.15, 0.2) is 18.2 Å². The number of nitro groups is 1. The molecule has 1 aromatic carbocycles. The molecule has 1 rings (SSSR count). The van der Waals surface area contributed by atoms with Crippen LogP contribution in [0.1, 0.15) is 5.56 Å². The quantitative estimate of drug-likeness (QED) is 0.626. The summed E-state index contributed by atoms with van der Waals surface area (Å²) in [5, 5.41) is 28.3. The molecule has 1 N–H and O–H groups in total. The molecule has 0 atom stereocenters. The van der Waals surface area contributed by atoms with E-state index in [9.17, 15) is 18.9 Å². The normalized spacial score (nSPS) is 10.3. The lowest BCUT2D eigenvalue weighted by Crippen LogP contribution is -2.31. The van der Waals surface area contributed by atoms with Gasteiger partial charge in [-0.1, -0.05) is 0 Å². The summed E-state index contributed by atoms with van der Waals surface area (Å²) in [5.74, 6) is 0. The predicted molar refractivity (Wildman–Crippen MR) is 63.1 cm³/mol. The van der Waals surface area contributed by atoms with Crippen LogP contribution in [-0.2, 0) is 0 Å². The predicted octanol–water partition coefficient (Wildman–Crippen LogP) is 1.53. The number of nitrogens with zero attached hydrogens (tertiary/aromatic N) is 3. The molecule has 19 heavy (non-hydrogen) atoms. The molecule has 0 aromatic heterocycles.